The van der Waals surface area contributed by atoms with Gasteiger partial charge in [-0.15, -0.1) is 0 Å². The first-order valence-corrected chi connectivity index (χ1v) is 8.74. The van der Waals surface area contributed by atoms with Crippen LogP contribution in [-0.4, -0.2) is 57.8 Å². The molecule has 1 fully saturated rings. The number of carbonyl (C=O) groups is 1. The molecule has 1 heterocycles. The normalized spacial score (nSPS) is 14.1. The molecular weight excluding hydrogens is 330 g/mol. The molecule has 26 heavy (non-hydrogen) atoms. The number of nitrogens with one attached hydrogen (secondary N) is 1. The van der Waals surface area contributed by atoms with E-state index in [0.29, 0.717) is 6.54 Å². The molecule has 6 heteroatoms. The molecule has 0 bridgehead atoms. The third-order valence-electron chi connectivity index (χ3n) is 4.60. The standard InChI is InChI=1S/C20H25N3O3/c1-25-18-7-3-16(4-8-18)21-15-20(24)23-13-11-22(12-14-23)17-5-9-19(26-2)10-6-17/h3-10,21H,11-15H2,1-2H3. The molecule has 1 aliphatic heterocycles. The van der Waals surface area contributed by atoms with Crippen LogP contribution in [0.25, 0.3) is 0 Å². The highest BCUT2D eigenvalue weighted by Crippen LogP contribution is 2.20. The lowest BCUT2D eigenvalue weighted by Crippen LogP contribution is -2.50. The van der Waals surface area contributed by atoms with Gasteiger partial charge in [0.15, 0.2) is 0 Å². The Morgan fingerprint density at radius 2 is 1.42 bits per heavy atom. The van der Waals surface area contributed by atoms with E-state index in [1.54, 1.807) is 14.2 Å². The first-order valence-electron chi connectivity index (χ1n) is 8.74. The summed E-state index contributed by atoms with van der Waals surface area (Å²) in [6.07, 6.45) is 0. The Labute approximate surface area is 154 Å². The molecule has 1 N–H and O–H groups in total. The first kappa shape index (κ1) is 17.9. The van der Waals surface area contributed by atoms with Crippen LogP contribution in [0.15, 0.2) is 48.5 Å². The van der Waals surface area contributed by atoms with Crippen LogP contribution in [0.3, 0.4) is 0 Å². The molecule has 3 rings (SSSR count). The number of methoxy groups -OCH3 is 2. The number of piperazine rings is 1. The molecule has 1 aliphatic rings. The third kappa shape index (κ3) is 4.39. The van der Waals surface area contributed by atoms with E-state index >= 15 is 0 Å². The van der Waals surface area contributed by atoms with Gasteiger partial charge in [0.2, 0.25) is 5.91 Å². The number of benzene rings is 2. The highest BCUT2D eigenvalue weighted by atomic mass is 16.5. The fraction of sp³-hybridized carbons (Fsp3) is 0.350. The van der Waals surface area contributed by atoms with Gasteiger partial charge < -0.3 is 24.6 Å². The highest BCUT2D eigenvalue weighted by molar-refractivity contribution is 5.81. The van der Waals surface area contributed by atoms with Crippen LogP contribution in [0, 0.1) is 0 Å². The fourth-order valence-electron chi connectivity index (χ4n) is 3.01. The SMILES string of the molecule is COc1ccc(NCC(=O)N2CCN(c3ccc(OC)cc3)CC2)cc1. The van der Waals surface area contributed by atoms with Gasteiger partial charge in [0.1, 0.15) is 11.5 Å². The van der Waals surface area contributed by atoms with Gasteiger partial charge in [-0.2, -0.15) is 0 Å². The summed E-state index contributed by atoms with van der Waals surface area (Å²) in [4.78, 5) is 16.6. The highest BCUT2D eigenvalue weighted by Gasteiger charge is 2.21. The maximum atomic E-state index is 12.4. The number of carbonyl (C=O) groups excluding carboxylic acids is 1. The van der Waals surface area contributed by atoms with E-state index in [2.05, 4.69) is 22.3 Å². The Morgan fingerprint density at radius 3 is 1.96 bits per heavy atom. The second-order valence-corrected chi connectivity index (χ2v) is 6.15. The first-order chi connectivity index (χ1) is 12.7. The van der Waals surface area contributed by atoms with Crippen molar-refractivity contribution in [3.8, 4) is 11.5 Å². The lowest BCUT2D eigenvalue weighted by atomic mass is 10.2. The smallest absolute Gasteiger partial charge is 0.241 e. The minimum atomic E-state index is 0.121. The molecule has 138 valence electrons. The molecule has 1 amide bonds. The number of hydrogen-bond donors (Lipinski definition) is 1. The van der Waals surface area contributed by atoms with E-state index < -0.39 is 0 Å². The van der Waals surface area contributed by atoms with Crippen molar-refractivity contribution in [2.24, 2.45) is 0 Å². The van der Waals surface area contributed by atoms with E-state index in [0.717, 1.165) is 49.1 Å². The molecule has 2 aromatic rings. The quantitative estimate of drug-likeness (QED) is 0.863. The minimum Gasteiger partial charge on any atom is -0.497 e. The van der Waals surface area contributed by atoms with Crippen molar-refractivity contribution in [3.63, 3.8) is 0 Å². The predicted molar refractivity (Wildman–Crippen MR) is 103 cm³/mol. The number of hydrogen-bond acceptors (Lipinski definition) is 5. The molecule has 0 saturated carbocycles. The van der Waals surface area contributed by atoms with Crippen molar-refractivity contribution in [3.05, 3.63) is 48.5 Å². The predicted octanol–water partition coefficient (Wildman–Crippen LogP) is 2.46. The summed E-state index contributed by atoms with van der Waals surface area (Å²) in [5.41, 5.74) is 2.07. The van der Waals surface area contributed by atoms with Crippen molar-refractivity contribution in [2.75, 3.05) is 57.2 Å². The van der Waals surface area contributed by atoms with Gasteiger partial charge in [-0.05, 0) is 48.5 Å². The van der Waals surface area contributed by atoms with Crippen LogP contribution in [0.5, 0.6) is 11.5 Å². The molecule has 0 atom stereocenters. The van der Waals surface area contributed by atoms with Crippen molar-refractivity contribution in [1.29, 1.82) is 0 Å². The van der Waals surface area contributed by atoms with Gasteiger partial charge in [0, 0.05) is 37.6 Å². The number of anilines is 2. The summed E-state index contributed by atoms with van der Waals surface area (Å²) in [5, 5.41) is 3.17. The van der Waals surface area contributed by atoms with Crippen LogP contribution >= 0.6 is 0 Å². The minimum absolute atomic E-state index is 0.121. The van der Waals surface area contributed by atoms with Crippen molar-refractivity contribution in [1.82, 2.24) is 4.90 Å². The van der Waals surface area contributed by atoms with Gasteiger partial charge >= 0.3 is 0 Å². The number of ether oxygens (including phenoxy) is 2. The summed E-state index contributed by atoms with van der Waals surface area (Å²) < 4.78 is 10.3. The maximum Gasteiger partial charge on any atom is 0.241 e. The average Bonchev–Trinajstić information content (AvgIpc) is 2.72. The molecule has 0 spiro atoms. The molecule has 2 aromatic carbocycles. The van der Waals surface area contributed by atoms with Crippen molar-refractivity contribution in [2.45, 2.75) is 0 Å². The van der Waals surface area contributed by atoms with Crippen LogP contribution in [0.4, 0.5) is 11.4 Å². The summed E-state index contributed by atoms with van der Waals surface area (Å²) in [6.45, 7) is 3.43. The zero-order valence-corrected chi connectivity index (χ0v) is 15.3. The number of nitrogens with zero attached hydrogens (tertiary/aromatic N) is 2. The molecule has 0 unspecified atom stereocenters. The third-order valence-corrected chi connectivity index (χ3v) is 4.60. The maximum absolute atomic E-state index is 12.4. The number of amides is 1. The lowest BCUT2D eigenvalue weighted by molar-refractivity contribution is -0.129. The van der Waals surface area contributed by atoms with Crippen LogP contribution in [0.1, 0.15) is 0 Å². The fourth-order valence-corrected chi connectivity index (χ4v) is 3.01. The van der Waals surface area contributed by atoms with Crippen LogP contribution in [0.2, 0.25) is 0 Å². The average molecular weight is 355 g/mol. The molecular formula is C20H25N3O3. The Hall–Kier alpha value is -2.89. The zero-order chi connectivity index (χ0) is 18.4. The Bertz CT molecular complexity index is 708. The summed E-state index contributed by atoms with van der Waals surface area (Å²) in [5.74, 6) is 1.78. The summed E-state index contributed by atoms with van der Waals surface area (Å²) in [6, 6.07) is 15.6. The second-order valence-electron chi connectivity index (χ2n) is 6.15. The van der Waals surface area contributed by atoms with Crippen LogP contribution in [-0.2, 0) is 4.79 Å². The van der Waals surface area contributed by atoms with E-state index in [9.17, 15) is 4.79 Å². The zero-order valence-electron chi connectivity index (χ0n) is 15.3. The molecule has 0 aliphatic carbocycles. The largest absolute Gasteiger partial charge is 0.497 e. The molecule has 6 nitrogen and oxygen atoms in total. The Kier molecular flexibility index (Phi) is 5.84. The summed E-state index contributed by atoms with van der Waals surface area (Å²) in [7, 11) is 3.30. The van der Waals surface area contributed by atoms with Crippen LogP contribution < -0.4 is 19.7 Å². The van der Waals surface area contributed by atoms with E-state index in [1.807, 2.05) is 41.3 Å². The van der Waals surface area contributed by atoms with Crippen molar-refractivity contribution < 1.29 is 14.3 Å². The lowest BCUT2D eigenvalue weighted by Gasteiger charge is -2.36. The van der Waals surface area contributed by atoms with Crippen molar-refractivity contribution >= 4 is 17.3 Å². The van der Waals surface area contributed by atoms with E-state index in [4.69, 9.17) is 9.47 Å². The van der Waals surface area contributed by atoms with Gasteiger partial charge in [0.05, 0.1) is 20.8 Å². The molecule has 0 aromatic heterocycles. The van der Waals surface area contributed by atoms with Gasteiger partial charge in [0.25, 0.3) is 0 Å². The van der Waals surface area contributed by atoms with Gasteiger partial charge in [-0.1, -0.05) is 0 Å². The van der Waals surface area contributed by atoms with E-state index in [-0.39, 0.29) is 5.91 Å². The monoisotopic (exact) mass is 355 g/mol. The summed E-state index contributed by atoms with van der Waals surface area (Å²) >= 11 is 0. The van der Waals surface area contributed by atoms with Gasteiger partial charge in [-0.3, -0.25) is 4.79 Å². The Morgan fingerprint density at radius 1 is 0.885 bits per heavy atom. The van der Waals surface area contributed by atoms with Gasteiger partial charge in [-0.25, -0.2) is 0 Å². The molecule has 1 saturated heterocycles. The Balaban J connectivity index is 1.46. The van der Waals surface area contributed by atoms with E-state index in [1.165, 1.54) is 0 Å². The topological polar surface area (TPSA) is 54.0 Å². The number of rotatable bonds is 6. The molecule has 0 radical (unpaired) electrons. The second kappa shape index (κ2) is 8.47.